The number of nitrogens with zero attached hydrogens (tertiary/aromatic N) is 2. The molecule has 4 aromatic rings. The zero-order chi connectivity index (χ0) is 24.7. The smallest absolute Gasteiger partial charge is 0.185 e. The van der Waals surface area contributed by atoms with Crippen LogP contribution in [0.3, 0.4) is 0 Å². The lowest BCUT2D eigenvalue weighted by Crippen LogP contribution is -2.29. The van der Waals surface area contributed by atoms with E-state index >= 15 is 0 Å². The molecule has 0 radical (unpaired) electrons. The number of benzene rings is 3. The van der Waals surface area contributed by atoms with Gasteiger partial charge in [-0.05, 0) is 79.4 Å². The van der Waals surface area contributed by atoms with Crippen LogP contribution in [-0.2, 0) is 6.61 Å². The van der Waals surface area contributed by atoms with Crippen molar-refractivity contribution < 1.29 is 14.3 Å². The van der Waals surface area contributed by atoms with E-state index in [-0.39, 0.29) is 5.78 Å². The Morgan fingerprint density at radius 2 is 1.75 bits per heavy atom. The van der Waals surface area contributed by atoms with Gasteiger partial charge in [0.1, 0.15) is 23.6 Å². The zero-order valence-corrected chi connectivity index (χ0v) is 20.5. The van der Waals surface area contributed by atoms with Gasteiger partial charge in [0.15, 0.2) is 5.78 Å². The quantitative estimate of drug-likeness (QED) is 0.208. The van der Waals surface area contributed by atoms with E-state index in [1.54, 1.807) is 19.4 Å². The van der Waals surface area contributed by atoms with E-state index in [0.29, 0.717) is 12.2 Å². The van der Waals surface area contributed by atoms with Crippen LogP contribution in [0.5, 0.6) is 11.5 Å². The summed E-state index contributed by atoms with van der Waals surface area (Å²) in [5, 5.41) is 1.03. The molecule has 3 aromatic carbocycles. The van der Waals surface area contributed by atoms with Gasteiger partial charge in [-0.1, -0.05) is 30.3 Å². The Morgan fingerprint density at radius 1 is 0.944 bits per heavy atom. The number of aromatic nitrogens is 1. The molecule has 0 amide bonds. The number of carbonyl (C=O) groups excluding carboxylic acids is 1. The molecule has 5 heteroatoms. The molecule has 0 atom stereocenters. The normalized spacial score (nSPS) is 13.8. The Labute approximate surface area is 212 Å². The van der Waals surface area contributed by atoms with Crippen molar-refractivity contribution in [1.29, 1.82) is 0 Å². The van der Waals surface area contributed by atoms with Gasteiger partial charge in [-0.3, -0.25) is 9.78 Å². The monoisotopic (exact) mass is 478 g/mol. The van der Waals surface area contributed by atoms with Crippen molar-refractivity contribution in [3.05, 3.63) is 102 Å². The Kier molecular flexibility index (Phi) is 7.27. The van der Waals surface area contributed by atoms with Gasteiger partial charge >= 0.3 is 0 Å². The minimum Gasteiger partial charge on any atom is -0.496 e. The molecule has 1 aliphatic rings. The number of allylic oxidation sites excluding steroid dienone is 1. The van der Waals surface area contributed by atoms with Gasteiger partial charge in [-0.2, -0.15) is 0 Å². The fourth-order valence-corrected chi connectivity index (χ4v) is 4.62. The van der Waals surface area contributed by atoms with E-state index in [2.05, 4.69) is 22.0 Å². The van der Waals surface area contributed by atoms with Crippen molar-refractivity contribution in [3.63, 3.8) is 0 Å². The Balaban J connectivity index is 1.28. The van der Waals surface area contributed by atoms with E-state index < -0.39 is 0 Å². The second-order valence-electron chi connectivity index (χ2n) is 8.98. The summed E-state index contributed by atoms with van der Waals surface area (Å²) >= 11 is 0. The van der Waals surface area contributed by atoms with Gasteiger partial charge in [-0.25, -0.2) is 0 Å². The maximum atomic E-state index is 12.8. The Morgan fingerprint density at radius 3 is 2.56 bits per heavy atom. The van der Waals surface area contributed by atoms with E-state index in [1.165, 1.54) is 24.9 Å². The molecule has 2 heterocycles. The Bertz CT molecular complexity index is 1370. The van der Waals surface area contributed by atoms with Crippen molar-refractivity contribution >= 4 is 28.4 Å². The van der Waals surface area contributed by atoms with Crippen molar-refractivity contribution in [2.45, 2.75) is 25.9 Å². The van der Waals surface area contributed by atoms with E-state index in [4.69, 9.17) is 9.47 Å². The third-order valence-corrected chi connectivity index (χ3v) is 6.58. The number of carbonyl (C=O) groups is 1. The molecule has 1 aliphatic heterocycles. The number of hydrogen-bond donors (Lipinski definition) is 0. The van der Waals surface area contributed by atoms with Gasteiger partial charge in [0.25, 0.3) is 0 Å². The molecular formula is C31H30N2O3. The molecule has 5 rings (SSSR count). The largest absolute Gasteiger partial charge is 0.496 e. The summed E-state index contributed by atoms with van der Waals surface area (Å²) in [6, 6.07) is 23.6. The minimum atomic E-state index is -0.0179. The average Bonchev–Trinajstić information content (AvgIpc) is 2.95. The summed E-state index contributed by atoms with van der Waals surface area (Å²) in [4.78, 5) is 19.6. The lowest BCUT2D eigenvalue weighted by Gasteiger charge is -2.28. The molecule has 0 aliphatic carbocycles. The third-order valence-electron chi connectivity index (χ3n) is 6.58. The van der Waals surface area contributed by atoms with Gasteiger partial charge in [-0.15, -0.1) is 0 Å². The summed E-state index contributed by atoms with van der Waals surface area (Å²) < 4.78 is 11.7. The lowest BCUT2D eigenvalue weighted by atomic mass is 10.1. The number of fused-ring (bicyclic) bond motifs is 1. The first kappa shape index (κ1) is 23.6. The van der Waals surface area contributed by atoms with Gasteiger partial charge in [0.2, 0.25) is 0 Å². The topological polar surface area (TPSA) is 51.7 Å². The third kappa shape index (κ3) is 5.41. The van der Waals surface area contributed by atoms with Crippen LogP contribution in [0, 0.1) is 0 Å². The highest BCUT2D eigenvalue weighted by Crippen LogP contribution is 2.27. The molecule has 0 bridgehead atoms. The highest BCUT2D eigenvalue weighted by atomic mass is 16.5. The Hall–Kier alpha value is -4.12. The lowest BCUT2D eigenvalue weighted by molar-refractivity contribution is 0.104. The molecule has 1 fully saturated rings. The number of piperidine rings is 1. The zero-order valence-electron chi connectivity index (χ0n) is 20.5. The fourth-order valence-electron chi connectivity index (χ4n) is 4.62. The SMILES string of the molecule is COc1ccc(/C=C/C(=O)c2ccc(N3CCCCC3)cc2)cc1COc1cccc2cccnc12. The van der Waals surface area contributed by atoms with Gasteiger partial charge in [0.05, 0.1) is 7.11 Å². The van der Waals surface area contributed by atoms with Gasteiger partial charge in [0, 0.05) is 41.5 Å². The average molecular weight is 479 g/mol. The van der Waals surface area contributed by atoms with Crippen molar-refractivity contribution in [3.8, 4) is 11.5 Å². The van der Waals surface area contributed by atoms with E-state index in [0.717, 1.165) is 46.6 Å². The fraction of sp³-hybridized carbons (Fsp3) is 0.226. The second-order valence-corrected chi connectivity index (χ2v) is 8.98. The number of methoxy groups -OCH3 is 1. The predicted molar refractivity (Wildman–Crippen MR) is 145 cm³/mol. The molecular weight excluding hydrogens is 448 g/mol. The van der Waals surface area contributed by atoms with Crippen molar-refractivity contribution in [2.75, 3.05) is 25.1 Å². The van der Waals surface area contributed by atoms with Gasteiger partial charge < -0.3 is 14.4 Å². The molecule has 0 N–H and O–H groups in total. The van der Waals surface area contributed by atoms with Crippen LogP contribution in [0.4, 0.5) is 5.69 Å². The number of anilines is 1. The van der Waals surface area contributed by atoms with Crippen LogP contribution in [0.25, 0.3) is 17.0 Å². The van der Waals surface area contributed by atoms with Crippen LogP contribution in [0.2, 0.25) is 0 Å². The summed E-state index contributed by atoms with van der Waals surface area (Å²) in [6.45, 7) is 2.51. The second kappa shape index (κ2) is 11.1. The molecule has 0 saturated carbocycles. The molecule has 36 heavy (non-hydrogen) atoms. The van der Waals surface area contributed by atoms with Crippen LogP contribution in [0.15, 0.2) is 85.1 Å². The standard InChI is InChI=1S/C31H30N2O3/c1-35-29-17-11-23(21-26(29)22-36-30-9-5-7-25-8-6-18-32-31(25)30)10-16-28(34)24-12-14-27(15-13-24)33-19-3-2-4-20-33/h5-18,21H,2-4,19-20,22H2,1H3/b16-10+. The van der Waals surface area contributed by atoms with Crippen LogP contribution >= 0.6 is 0 Å². The molecule has 182 valence electrons. The molecule has 1 aromatic heterocycles. The van der Waals surface area contributed by atoms with Crippen LogP contribution in [0.1, 0.15) is 40.7 Å². The molecule has 0 spiro atoms. The molecule has 0 unspecified atom stereocenters. The van der Waals surface area contributed by atoms with Crippen molar-refractivity contribution in [2.24, 2.45) is 0 Å². The predicted octanol–water partition coefficient (Wildman–Crippen LogP) is 6.71. The minimum absolute atomic E-state index is 0.0179. The van der Waals surface area contributed by atoms with Crippen LogP contribution in [-0.4, -0.2) is 31.0 Å². The first-order valence-corrected chi connectivity index (χ1v) is 12.4. The van der Waals surface area contributed by atoms with E-state index in [1.807, 2.05) is 66.7 Å². The van der Waals surface area contributed by atoms with Crippen LogP contribution < -0.4 is 14.4 Å². The number of pyridine rings is 1. The first-order valence-electron chi connectivity index (χ1n) is 12.4. The number of para-hydroxylation sites is 1. The van der Waals surface area contributed by atoms with Crippen molar-refractivity contribution in [1.82, 2.24) is 4.98 Å². The first-order chi connectivity index (χ1) is 17.7. The summed E-state index contributed by atoms with van der Waals surface area (Å²) in [5.41, 5.74) is 4.51. The summed E-state index contributed by atoms with van der Waals surface area (Å²) in [7, 11) is 1.64. The maximum Gasteiger partial charge on any atom is 0.185 e. The number of rotatable bonds is 8. The summed E-state index contributed by atoms with van der Waals surface area (Å²) in [5.74, 6) is 1.44. The number of hydrogen-bond acceptors (Lipinski definition) is 5. The maximum absolute atomic E-state index is 12.8. The number of ketones is 1. The van der Waals surface area contributed by atoms with E-state index in [9.17, 15) is 4.79 Å². The molecule has 5 nitrogen and oxygen atoms in total. The summed E-state index contributed by atoms with van der Waals surface area (Å²) in [6.07, 6.45) is 8.99. The highest BCUT2D eigenvalue weighted by molar-refractivity contribution is 6.07. The molecule has 1 saturated heterocycles. The highest BCUT2D eigenvalue weighted by Gasteiger charge is 2.12. The number of ether oxygens (including phenoxy) is 2.